The van der Waals surface area contributed by atoms with Crippen molar-refractivity contribution >= 4 is 47.0 Å². The summed E-state index contributed by atoms with van der Waals surface area (Å²) in [5, 5.41) is 11.2. The van der Waals surface area contributed by atoms with E-state index in [4.69, 9.17) is 4.74 Å². The van der Waals surface area contributed by atoms with Crippen LogP contribution in [0.4, 0.5) is 16.2 Å². The molecule has 4 rings (SSSR count). The third kappa shape index (κ3) is 13.7. The van der Waals surface area contributed by atoms with Crippen LogP contribution in [0.25, 0.3) is 0 Å². The standard InChI is InChI=1S/C43H57N7O7/c1-7-57-39(52)28-35(40(53)46-36(26-31-14-9-8-10-15-31)42(55)50-23-21-48(5)22-24-50)45-41(54)37(25-29(2)3)49(6)38(51)27-32-17-19-33(20-18-32)44-43(56)47-34-16-12-11-13-30(34)4/h8-20,29,35-37H,7,21-28H2,1-6H3,(H,45,54)(H,46,53)(H2,44,47,56)/t35-,36-,37-/m0/s1. The molecule has 0 unspecified atom stereocenters. The fourth-order valence-corrected chi connectivity index (χ4v) is 6.50. The third-order valence-corrected chi connectivity index (χ3v) is 9.84. The molecule has 1 heterocycles. The van der Waals surface area contributed by atoms with Crippen LogP contribution < -0.4 is 21.3 Å². The molecule has 0 bridgehead atoms. The SMILES string of the molecule is CCOC(=O)C[C@H](NC(=O)[C@H](CC(C)C)N(C)C(=O)Cc1ccc(NC(=O)Nc2ccccc2C)cc1)C(=O)N[C@@H](Cc1ccccc1)C(=O)N1CCN(C)CC1. The molecule has 1 aliphatic rings. The Bertz CT molecular complexity index is 1830. The maximum Gasteiger partial charge on any atom is 0.323 e. The van der Waals surface area contributed by atoms with Crippen LogP contribution in [0.5, 0.6) is 0 Å². The van der Waals surface area contributed by atoms with Crippen molar-refractivity contribution in [2.75, 3.05) is 57.5 Å². The van der Waals surface area contributed by atoms with Crippen molar-refractivity contribution < 1.29 is 33.5 Å². The van der Waals surface area contributed by atoms with Crippen LogP contribution in [-0.2, 0) is 41.6 Å². The highest BCUT2D eigenvalue weighted by Crippen LogP contribution is 2.18. The molecule has 3 aromatic rings. The lowest BCUT2D eigenvalue weighted by molar-refractivity contribution is -0.147. The van der Waals surface area contributed by atoms with E-state index in [1.807, 2.05) is 82.4 Å². The summed E-state index contributed by atoms with van der Waals surface area (Å²) in [6.45, 7) is 9.84. The second-order valence-electron chi connectivity index (χ2n) is 14.9. The molecule has 6 amide bonds. The molecule has 1 fully saturated rings. The summed E-state index contributed by atoms with van der Waals surface area (Å²) >= 11 is 0. The summed E-state index contributed by atoms with van der Waals surface area (Å²) < 4.78 is 5.15. The first kappa shape index (κ1) is 44.0. The molecule has 306 valence electrons. The number of hydrogen-bond donors (Lipinski definition) is 4. The smallest absolute Gasteiger partial charge is 0.323 e. The second kappa shape index (κ2) is 21.5. The number of hydrogen-bond acceptors (Lipinski definition) is 8. The molecular weight excluding hydrogens is 727 g/mol. The Morgan fingerprint density at radius 3 is 2.04 bits per heavy atom. The third-order valence-electron chi connectivity index (χ3n) is 9.84. The van der Waals surface area contributed by atoms with Crippen LogP contribution in [-0.4, -0.2) is 115 Å². The Morgan fingerprint density at radius 1 is 0.772 bits per heavy atom. The van der Waals surface area contributed by atoms with Crippen LogP contribution in [0.1, 0.15) is 50.3 Å². The summed E-state index contributed by atoms with van der Waals surface area (Å²) in [7, 11) is 3.52. The minimum Gasteiger partial charge on any atom is -0.466 e. The van der Waals surface area contributed by atoms with Crippen molar-refractivity contribution in [3.63, 3.8) is 0 Å². The van der Waals surface area contributed by atoms with Crippen molar-refractivity contribution in [1.29, 1.82) is 0 Å². The molecule has 1 aliphatic heterocycles. The largest absolute Gasteiger partial charge is 0.466 e. The van der Waals surface area contributed by atoms with Gasteiger partial charge in [0.1, 0.15) is 18.1 Å². The highest BCUT2D eigenvalue weighted by Gasteiger charge is 2.35. The van der Waals surface area contributed by atoms with Crippen molar-refractivity contribution in [2.45, 2.75) is 71.5 Å². The molecule has 0 saturated carbocycles. The molecule has 4 N–H and O–H groups in total. The van der Waals surface area contributed by atoms with Gasteiger partial charge in [-0.25, -0.2) is 4.79 Å². The van der Waals surface area contributed by atoms with E-state index < -0.39 is 48.4 Å². The summed E-state index contributed by atoms with van der Waals surface area (Å²) in [5.74, 6) is -2.63. The highest BCUT2D eigenvalue weighted by atomic mass is 16.5. The van der Waals surface area contributed by atoms with Crippen LogP contribution >= 0.6 is 0 Å². The van der Waals surface area contributed by atoms with E-state index in [-0.39, 0.29) is 43.6 Å². The van der Waals surface area contributed by atoms with E-state index in [2.05, 4.69) is 26.2 Å². The number of para-hydroxylation sites is 1. The first-order valence-corrected chi connectivity index (χ1v) is 19.5. The number of urea groups is 1. The van der Waals surface area contributed by atoms with Gasteiger partial charge in [0.15, 0.2) is 0 Å². The molecule has 14 heteroatoms. The molecular formula is C43H57N7O7. The number of esters is 1. The molecule has 14 nitrogen and oxygen atoms in total. The Morgan fingerprint density at radius 2 is 1.40 bits per heavy atom. The molecule has 0 aromatic heterocycles. The molecule has 0 spiro atoms. The fourth-order valence-electron chi connectivity index (χ4n) is 6.50. The van der Waals surface area contributed by atoms with Gasteiger partial charge in [0.2, 0.25) is 23.6 Å². The van der Waals surface area contributed by atoms with Crippen molar-refractivity contribution in [1.82, 2.24) is 25.3 Å². The van der Waals surface area contributed by atoms with E-state index in [0.29, 0.717) is 43.1 Å². The zero-order valence-electron chi connectivity index (χ0n) is 33.9. The maximum absolute atomic E-state index is 14.1. The Kier molecular flexibility index (Phi) is 16.6. The van der Waals surface area contributed by atoms with E-state index in [1.54, 1.807) is 36.1 Å². The number of ether oxygens (including phenoxy) is 1. The van der Waals surface area contributed by atoms with Gasteiger partial charge in [-0.2, -0.15) is 0 Å². The quantitative estimate of drug-likeness (QED) is 0.149. The van der Waals surface area contributed by atoms with Gasteiger partial charge < -0.3 is 40.7 Å². The van der Waals surface area contributed by atoms with Crippen LogP contribution in [0.15, 0.2) is 78.9 Å². The predicted molar refractivity (Wildman–Crippen MR) is 219 cm³/mol. The zero-order valence-corrected chi connectivity index (χ0v) is 33.9. The Labute approximate surface area is 335 Å². The predicted octanol–water partition coefficient (Wildman–Crippen LogP) is 3.99. The van der Waals surface area contributed by atoms with Gasteiger partial charge in [0.25, 0.3) is 0 Å². The van der Waals surface area contributed by atoms with Gasteiger partial charge in [-0.05, 0) is 68.1 Å². The monoisotopic (exact) mass is 783 g/mol. The van der Waals surface area contributed by atoms with Crippen LogP contribution in [0.2, 0.25) is 0 Å². The van der Waals surface area contributed by atoms with Crippen molar-refractivity contribution in [3.05, 3.63) is 95.6 Å². The number of piperazine rings is 1. The number of benzene rings is 3. The van der Waals surface area contributed by atoms with E-state index in [1.165, 1.54) is 11.9 Å². The fraction of sp³-hybridized carbons (Fsp3) is 0.442. The maximum atomic E-state index is 14.1. The second-order valence-corrected chi connectivity index (χ2v) is 14.9. The number of nitrogens with zero attached hydrogens (tertiary/aromatic N) is 3. The first-order chi connectivity index (χ1) is 27.2. The normalized spacial score (nSPS) is 14.5. The van der Waals surface area contributed by atoms with Gasteiger partial charge in [-0.1, -0.05) is 74.5 Å². The molecule has 3 aromatic carbocycles. The van der Waals surface area contributed by atoms with Gasteiger partial charge >= 0.3 is 12.0 Å². The van der Waals surface area contributed by atoms with Gasteiger partial charge in [0, 0.05) is 51.0 Å². The lowest BCUT2D eigenvalue weighted by Crippen LogP contribution is -2.59. The molecule has 3 atom stereocenters. The average Bonchev–Trinajstić information content (AvgIpc) is 3.18. The summed E-state index contributed by atoms with van der Waals surface area (Å²) in [6, 6.07) is 19.9. The number of aryl methyl sites for hydroxylation is 1. The molecule has 0 radical (unpaired) electrons. The number of anilines is 2. The summed E-state index contributed by atoms with van der Waals surface area (Å²) in [4.78, 5) is 86.1. The number of carbonyl (C=O) groups excluding carboxylic acids is 6. The van der Waals surface area contributed by atoms with Crippen LogP contribution in [0.3, 0.4) is 0 Å². The summed E-state index contributed by atoms with van der Waals surface area (Å²) in [5.41, 5.74) is 3.65. The Balaban J connectivity index is 1.46. The van der Waals surface area contributed by atoms with Crippen molar-refractivity contribution in [3.8, 4) is 0 Å². The number of rotatable bonds is 17. The summed E-state index contributed by atoms with van der Waals surface area (Å²) in [6.07, 6.45) is -0.0141. The number of amides is 6. The van der Waals surface area contributed by atoms with Crippen molar-refractivity contribution in [2.24, 2.45) is 5.92 Å². The lowest BCUT2D eigenvalue weighted by atomic mass is 10.00. The number of likely N-dealkylation sites (N-methyl/N-ethyl adjacent to an activating group) is 2. The Hall–Kier alpha value is -5.76. The van der Waals surface area contributed by atoms with Gasteiger partial charge in [-0.3, -0.25) is 24.0 Å². The van der Waals surface area contributed by atoms with Gasteiger partial charge in [-0.15, -0.1) is 0 Å². The van der Waals surface area contributed by atoms with E-state index >= 15 is 0 Å². The van der Waals surface area contributed by atoms with E-state index in [0.717, 1.165) is 11.1 Å². The van der Waals surface area contributed by atoms with E-state index in [9.17, 15) is 28.8 Å². The average molecular weight is 784 g/mol. The molecule has 0 aliphatic carbocycles. The molecule has 1 saturated heterocycles. The minimum absolute atomic E-state index is 0.0130. The lowest BCUT2D eigenvalue weighted by Gasteiger charge is -2.35. The molecule has 57 heavy (non-hydrogen) atoms. The highest BCUT2D eigenvalue weighted by molar-refractivity contribution is 6.00. The van der Waals surface area contributed by atoms with Gasteiger partial charge in [0.05, 0.1) is 19.4 Å². The first-order valence-electron chi connectivity index (χ1n) is 19.5. The minimum atomic E-state index is -1.38. The number of carbonyl (C=O) groups is 6. The zero-order chi connectivity index (χ0) is 41.5. The number of nitrogens with one attached hydrogen (secondary N) is 4. The van der Waals surface area contributed by atoms with Crippen LogP contribution in [0, 0.1) is 12.8 Å². The topological polar surface area (TPSA) is 169 Å².